The molecule has 0 fully saturated rings. The predicted molar refractivity (Wildman–Crippen MR) is 51.7 cm³/mol. The Kier molecular flexibility index (Phi) is 3.84. The molecule has 0 radical (unpaired) electrons. The summed E-state index contributed by atoms with van der Waals surface area (Å²) in [5.74, 6) is -1.60. The van der Waals surface area contributed by atoms with Gasteiger partial charge in [-0.1, -0.05) is 0 Å². The fourth-order valence-corrected chi connectivity index (χ4v) is 1.01. The summed E-state index contributed by atoms with van der Waals surface area (Å²) in [5.41, 5.74) is 0.813. The van der Waals surface area contributed by atoms with Crippen molar-refractivity contribution in [3.63, 3.8) is 0 Å². The van der Waals surface area contributed by atoms with E-state index in [4.69, 9.17) is 0 Å². The molecule has 82 valence electrons. The third kappa shape index (κ3) is 3.08. The van der Waals surface area contributed by atoms with Gasteiger partial charge in [-0.2, -0.15) is 5.10 Å². The highest BCUT2D eigenvalue weighted by molar-refractivity contribution is 6.32. The molecule has 6 heteroatoms. The standard InChI is InChI=1S/C9H13N3O3/c1-3-15-9(14)8(13)10-6-7-4-5-11-12(7)2/h4-5H,3,6H2,1-2H3,(H,10,13). The second-order valence-corrected chi connectivity index (χ2v) is 2.85. The number of aromatic nitrogens is 2. The molecular weight excluding hydrogens is 198 g/mol. The summed E-state index contributed by atoms with van der Waals surface area (Å²) in [4.78, 5) is 22.1. The fourth-order valence-electron chi connectivity index (χ4n) is 1.01. The molecule has 0 spiro atoms. The first-order chi connectivity index (χ1) is 7.15. The highest BCUT2D eigenvalue weighted by atomic mass is 16.5. The van der Waals surface area contributed by atoms with E-state index in [0.717, 1.165) is 5.69 Å². The maximum atomic E-state index is 11.1. The van der Waals surface area contributed by atoms with Gasteiger partial charge < -0.3 is 10.1 Å². The van der Waals surface area contributed by atoms with E-state index in [-0.39, 0.29) is 13.2 Å². The van der Waals surface area contributed by atoms with Crippen molar-refractivity contribution in [1.82, 2.24) is 15.1 Å². The van der Waals surface area contributed by atoms with Crippen LogP contribution < -0.4 is 5.32 Å². The van der Waals surface area contributed by atoms with Crippen LogP contribution in [0.3, 0.4) is 0 Å². The molecule has 15 heavy (non-hydrogen) atoms. The molecule has 0 saturated heterocycles. The van der Waals surface area contributed by atoms with Crippen molar-refractivity contribution in [2.75, 3.05) is 6.61 Å². The van der Waals surface area contributed by atoms with Crippen molar-refractivity contribution < 1.29 is 14.3 Å². The van der Waals surface area contributed by atoms with E-state index >= 15 is 0 Å². The number of nitrogens with zero attached hydrogens (tertiary/aromatic N) is 2. The van der Waals surface area contributed by atoms with Crippen molar-refractivity contribution >= 4 is 11.9 Å². The number of hydrogen-bond donors (Lipinski definition) is 1. The minimum atomic E-state index is -0.861. The molecule has 1 heterocycles. The van der Waals surface area contributed by atoms with E-state index in [9.17, 15) is 9.59 Å². The van der Waals surface area contributed by atoms with Gasteiger partial charge in [0.2, 0.25) is 0 Å². The van der Waals surface area contributed by atoms with E-state index in [1.54, 1.807) is 30.9 Å². The lowest BCUT2D eigenvalue weighted by Crippen LogP contribution is -2.32. The van der Waals surface area contributed by atoms with E-state index in [1.807, 2.05) is 0 Å². The predicted octanol–water partition coefficient (Wildman–Crippen LogP) is -0.401. The lowest BCUT2D eigenvalue weighted by atomic mass is 10.4. The van der Waals surface area contributed by atoms with Crippen LogP contribution in [-0.2, 0) is 27.9 Å². The average Bonchev–Trinajstić information content (AvgIpc) is 2.61. The van der Waals surface area contributed by atoms with Crippen LogP contribution in [0.2, 0.25) is 0 Å². The first kappa shape index (κ1) is 11.2. The zero-order chi connectivity index (χ0) is 11.3. The summed E-state index contributed by atoms with van der Waals surface area (Å²) < 4.78 is 6.15. The van der Waals surface area contributed by atoms with Crippen molar-refractivity contribution in [3.8, 4) is 0 Å². The first-order valence-corrected chi connectivity index (χ1v) is 4.57. The van der Waals surface area contributed by atoms with Gasteiger partial charge in [0.05, 0.1) is 18.8 Å². The van der Waals surface area contributed by atoms with Crippen molar-refractivity contribution in [2.45, 2.75) is 13.5 Å². The molecule has 0 aromatic carbocycles. The molecule has 0 atom stereocenters. The third-order valence-corrected chi connectivity index (χ3v) is 1.81. The van der Waals surface area contributed by atoms with Crippen LogP contribution in [0.15, 0.2) is 12.3 Å². The number of aryl methyl sites for hydroxylation is 1. The van der Waals surface area contributed by atoms with Crippen LogP contribution in [0, 0.1) is 0 Å². The number of rotatable bonds is 3. The molecule has 0 aliphatic heterocycles. The highest BCUT2D eigenvalue weighted by Crippen LogP contribution is 1.94. The second-order valence-electron chi connectivity index (χ2n) is 2.85. The number of hydrogen-bond acceptors (Lipinski definition) is 4. The van der Waals surface area contributed by atoms with Crippen LogP contribution >= 0.6 is 0 Å². The van der Waals surface area contributed by atoms with Gasteiger partial charge in [0, 0.05) is 13.2 Å². The molecule has 1 aromatic rings. The normalized spacial score (nSPS) is 9.73. The lowest BCUT2D eigenvalue weighted by Gasteiger charge is -2.04. The van der Waals surface area contributed by atoms with Gasteiger partial charge in [-0.05, 0) is 13.0 Å². The van der Waals surface area contributed by atoms with Gasteiger partial charge >= 0.3 is 11.9 Å². The zero-order valence-electron chi connectivity index (χ0n) is 8.69. The molecule has 6 nitrogen and oxygen atoms in total. The van der Waals surface area contributed by atoms with Crippen LogP contribution in [0.1, 0.15) is 12.6 Å². The molecule has 0 aliphatic carbocycles. The summed E-state index contributed by atoms with van der Waals surface area (Å²) >= 11 is 0. The van der Waals surface area contributed by atoms with Crippen LogP contribution in [0.25, 0.3) is 0 Å². The Bertz CT molecular complexity index is 359. The molecular formula is C9H13N3O3. The molecule has 0 aliphatic rings. The van der Waals surface area contributed by atoms with Crippen molar-refractivity contribution in [2.24, 2.45) is 7.05 Å². The molecule has 1 aromatic heterocycles. The Labute approximate surface area is 87.2 Å². The van der Waals surface area contributed by atoms with Gasteiger partial charge in [-0.15, -0.1) is 0 Å². The number of amides is 1. The fraction of sp³-hybridized carbons (Fsp3) is 0.444. The van der Waals surface area contributed by atoms with Gasteiger partial charge in [0.25, 0.3) is 0 Å². The Morgan fingerprint density at radius 2 is 2.33 bits per heavy atom. The Balaban J connectivity index is 2.41. The molecule has 0 unspecified atom stereocenters. The van der Waals surface area contributed by atoms with E-state index in [2.05, 4.69) is 15.2 Å². The summed E-state index contributed by atoms with van der Waals surface area (Å²) in [7, 11) is 1.76. The monoisotopic (exact) mass is 211 g/mol. The Hall–Kier alpha value is -1.85. The minimum absolute atomic E-state index is 0.192. The van der Waals surface area contributed by atoms with E-state index < -0.39 is 11.9 Å². The largest absolute Gasteiger partial charge is 0.459 e. The molecule has 0 bridgehead atoms. The quantitative estimate of drug-likeness (QED) is 0.545. The molecule has 0 saturated carbocycles. The number of carbonyl (C=O) groups is 2. The van der Waals surface area contributed by atoms with E-state index in [1.165, 1.54) is 0 Å². The van der Waals surface area contributed by atoms with E-state index in [0.29, 0.717) is 0 Å². The summed E-state index contributed by atoms with van der Waals surface area (Å²) in [6.45, 7) is 2.10. The summed E-state index contributed by atoms with van der Waals surface area (Å²) in [6, 6.07) is 1.76. The highest BCUT2D eigenvalue weighted by Gasteiger charge is 2.14. The van der Waals surface area contributed by atoms with Crippen LogP contribution in [0.5, 0.6) is 0 Å². The number of ether oxygens (including phenoxy) is 1. The lowest BCUT2D eigenvalue weighted by molar-refractivity contribution is -0.154. The molecule has 1 amide bonds. The average molecular weight is 211 g/mol. The topological polar surface area (TPSA) is 73.2 Å². The summed E-state index contributed by atoms with van der Waals surface area (Å²) in [6.07, 6.45) is 1.62. The van der Waals surface area contributed by atoms with Crippen molar-refractivity contribution in [1.29, 1.82) is 0 Å². The number of carbonyl (C=O) groups excluding carboxylic acids is 2. The Morgan fingerprint density at radius 1 is 1.60 bits per heavy atom. The maximum absolute atomic E-state index is 11.1. The first-order valence-electron chi connectivity index (χ1n) is 4.57. The zero-order valence-corrected chi connectivity index (χ0v) is 8.69. The van der Waals surface area contributed by atoms with Gasteiger partial charge in [0.1, 0.15) is 0 Å². The molecule has 1 N–H and O–H groups in total. The summed E-state index contributed by atoms with van der Waals surface area (Å²) in [5, 5.41) is 6.36. The number of esters is 1. The third-order valence-electron chi connectivity index (χ3n) is 1.81. The Morgan fingerprint density at radius 3 is 2.87 bits per heavy atom. The molecule has 1 rings (SSSR count). The van der Waals surface area contributed by atoms with Crippen LogP contribution in [-0.4, -0.2) is 28.3 Å². The van der Waals surface area contributed by atoms with Crippen molar-refractivity contribution in [3.05, 3.63) is 18.0 Å². The van der Waals surface area contributed by atoms with Gasteiger partial charge in [0.15, 0.2) is 0 Å². The van der Waals surface area contributed by atoms with Gasteiger partial charge in [-0.3, -0.25) is 9.48 Å². The second kappa shape index (κ2) is 5.14. The maximum Gasteiger partial charge on any atom is 0.396 e. The van der Waals surface area contributed by atoms with Crippen LogP contribution in [0.4, 0.5) is 0 Å². The van der Waals surface area contributed by atoms with Gasteiger partial charge in [-0.25, -0.2) is 4.79 Å². The minimum Gasteiger partial charge on any atom is -0.459 e. The number of nitrogens with one attached hydrogen (secondary N) is 1. The SMILES string of the molecule is CCOC(=O)C(=O)NCc1ccnn1C. The smallest absolute Gasteiger partial charge is 0.396 e.